The molecule has 0 spiro atoms. The van der Waals surface area contributed by atoms with Gasteiger partial charge in [0.2, 0.25) is 5.91 Å². The fourth-order valence-electron chi connectivity index (χ4n) is 1.54. The van der Waals surface area contributed by atoms with Crippen LogP contribution < -0.4 is 0 Å². The van der Waals surface area contributed by atoms with Gasteiger partial charge in [-0.1, -0.05) is 0 Å². The number of amides is 1. The van der Waals surface area contributed by atoms with E-state index >= 15 is 0 Å². The van der Waals surface area contributed by atoms with E-state index < -0.39 is 0 Å². The molecule has 0 N–H and O–H groups in total. The Morgan fingerprint density at radius 1 is 1.60 bits per heavy atom. The first kappa shape index (κ1) is 10.6. The van der Waals surface area contributed by atoms with Crippen molar-refractivity contribution in [3.05, 3.63) is 16.1 Å². The summed E-state index contributed by atoms with van der Waals surface area (Å²) < 4.78 is 5.20. The maximum Gasteiger partial charge on any atom is 0.229 e. The van der Waals surface area contributed by atoms with Crippen LogP contribution in [0.15, 0.2) is 5.38 Å². The highest BCUT2D eigenvalue weighted by Gasteiger charge is 2.17. The van der Waals surface area contributed by atoms with E-state index in [1.165, 1.54) is 0 Å². The van der Waals surface area contributed by atoms with Gasteiger partial charge in [0.25, 0.3) is 0 Å². The zero-order valence-electron chi connectivity index (χ0n) is 8.73. The molecule has 1 aliphatic heterocycles. The number of carbonyl (C=O) groups is 1. The summed E-state index contributed by atoms with van der Waals surface area (Å²) in [7, 11) is 0. The molecular formula is C10H14N2O2S. The first-order valence-corrected chi connectivity index (χ1v) is 5.90. The van der Waals surface area contributed by atoms with Gasteiger partial charge in [0.15, 0.2) is 0 Å². The van der Waals surface area contributed by atoms with Crippen molar-refractivity contribution in [1.82, 2.24) is 9.88 Å². The van der Waals surface area contributed by atoms with Crippen molar-refractivity contribution in [3.8, 4) is 0 Å². The van der Waals surface area contributed by atoms with Crippen LogP contribution in [0.5, 0.6) is 0 Å². The molecule has 0 bridgehead atoms. The van der Waals surface area contributed by atoms with Gasteiger partial charge >= 0.3 is 0 Å². The SMILES string of the molecule is Cc1csc(CC(=O)N2CCOCC2)n1. The number of hydrogen-bond acceptors (Lipinski definition) is 4. The fourth-order valence-corrected chi connectivity index (χ4v) is 2.30. The first-order valence-electron chi connectivity index (χ1n) is 5.02. The second kappa shape index (κ2) is 4.72. The lowest BCUT2D eigenvalue weighted by atomic mass is 10.3. The highest BCUT2D eigenvalue weighted by atomic mass is 32.1. The van der Waals surface area contributed by atoms with Gasteiger partial charge < -0.3 is 9.64 Å². The highest BCUT2D eigenvalue weighted by molar-refractivity contribution is 7.09. The number of aromatic nitrogens is 1. The van der Waals surface area contributed by atoms with E-state index in [1.807, 2.05) is 17.2 Å². The van der Waals surface area contributed by atoms with Crippen LogP contribution in [-0.4, -0.2) is 42.1 Å². The Morgan fingerprint density at radius 2 is 2.33 bits per heavy atom. The molecule has 82 valence electrons. The molecule has 0 aromatic carbocycles. The van der Waals surface area contributed by atoms with Crippen LogP contribution in [0.25, 0.3) is 0 Å². The predicted molar refractivity (Wildman–Crippen MR) is 58.0 cm³/mol. The largest absolute Gasteiger partial charge is 0.378 e. The monoisotopic (exact) mass is 226 g/mol. The molecule has 0 aliphatic carbocycles. The summed E-state index contributed by atoms with van der Waals surface area (Å²) in [4.78, 5) is 17.9. The summed E-state index contributed by atoms with van der Waals surface area (Å²) in [6, 6.07) is 0. The lowest BCUT2D eigenvalue weighted by molar-refractivity contribution is -0.134. The van der Waals surface area contributed by atoms with Crippen molar-refractivity contribution in [2.75, 3.05) is 26.3 Å². The Balaban J connectivity index is 1.91. The third-order valence-electron chi connectivity index (χ3n) is 2.33. The minimum atomic E-state index is 0.160. The van der Waals surface area contributed by atoms with Crippen molar-refractivity contribution >= 4 is 17.2 Å². The van der Waals surface area contributed by atoms with Gasteiger partial charge in [-0.3, -0.25) is 4.79 Å². The molecule has 2 rings (SSSR count). The molecule has 1 aliphatic rings. The normalized spacial score (nSPS) is 16.7. The van der Waals surface area contributed by atoms with Crippen molar-refractivity contribution in [3.63, 3.8) is 0 Å². The summed E-state index contributed by atoms with van der Waals surface area (Å²) in [6.07, 6.45) is 0.429. The van der Waals surface area contributed by atoms with Gasteiger partial charge in [-0.25, -0.2) is 4.98 Å². The van der Waals surface area contributed by atoms with Crippen molar-refractivity contribution in [2.45, 2.75) is 13.3 Å². The zero-order valence-corrected chi connectivity index (χ0v) is 9.55. The van der Waals surface area contributed by atoms with Gasteiger partial charge in [0.05, 0.1) is 19.6 Å². The van der Waals surface area contributed by atoms with Crippen LogP contribution in [-0.2, 0) is 16.0 Å². The highest BCUT2D eigenvalue weighted by Crippen LogP contribution is 2.11. The number of ether oxygens (including phenoxy) is 1. The van der Waals surface area contributed by atoms with Crippen LogP contribution >= 0.6 is 11.3 Å². The van der Waals surface area contributed by atoms with Crippen LogP contribution in [0.3, 0.4) is 0 Å². The molecule has 2 heterocycles. The van der Waals surface area contributed by atoms with E-state index in [-0.39, 0.29) is 5.91 Å². The number of aryl methyl sites for hydroxylation is 1. The Morgan fingerprint density at radius 3 is 2.93 bits per heavy atom. The number of carbonyl (C=O) groups excluding carboxylic acids is 1. The number of thiazole rings is 1. The quantitative estimate of drug-likeness (QED) is 0.751. The Bertz CT molecular complexity index is 345. The van der Waals surface area contributed by atoms with Crippen molar-refractivity contribution in [2.24, 2.45) is 0 Å². The Kier molecular flexibility index (Phi) is 3.33. The number of morpholine rings is 1. The molecule has 1 aromatic heterocycles. The van der Waals surface area contributed by atoms with E-state index in [0.717, 1.165) is 10.7 Å². The molecule has 15 heavy (non-hydrogen) atoms. The molecule has 1 aromatic rings. The standard InChI is InChI=1S/C10H14N2O2S/c1-8-7-15-9(11-8)6-10(13)12-2-4-14-5-3-12/h7H,2-6H2,1H3. The van der Waals surface area contributed by atoms with Gasteiger partial charge in [-0.15, -0.1) is 11.3 Å². The molecule has 1 fully saturated rings. The van der Waals surface area contributed by atoms with E-state index in [2.05, 4.69) is 4.98 Å². The first-order chi connectivity index (χ1) is 7.25. The van der Waals surface area contributed by atoms with Gasteiger partial charge in [0, 0.05) is 24.2 Å². The van der Waals surface area contributed by atoms with E-state index in [4.69, 9.17) is 4.74 Å². The molecule has 4 nitrogen and oxygen atoms in total. The molecule has 0 saturated carbocycles. The van der Waals surface area contributed by atoms with Gasteiger partial charge in [-0.2, -0.15) is 0 Å². The molecule has 0 radical (unpaired) electrons. The van der Waals surface area contributed by atoms with Crippen LogP contribution in [0.1, 0.15) is 10.7 Å². The minimum Gasteiger partial charge on any atom is -0.378 e. The minimum absolute atomic E-state index is 0.160. The lowest BCUT2D eigenvalue weighted by Gasteiger charge is -2.26. The predicted octanol–water partition coefficient (Wildman–Crippen LogP) is 0.853. The molecule has 1 saturated heterocycles. The summed E-state index contributed by atoms with van der Waals surface area (Å²) in [5.41, 5.74) is 0.991. The average Bonchev–Trinajstić information content (AvgIpc) is 2.65. The number of hydrogen-bond donors (Lipinski definition) is 0. The van der Waals surface area contributed by atoms with Gasteiger partial charge in [0.1, 0.15) is 5.01 Å². The number of rotatable bonds is 2. The second-order valence-corrected chi connectivity index (χ2v) is 4.50. The molecule has 1 amide bonds. The van der Waals surface area contributed by atoms with E-state index in [1.54, 1.807) is 11.3 Å². The number of nitrogens with zero attached hydrogens (tertiary/aromatic N) is 2. The van der Waals surface area contributed by atoms with Crippen molar-refractivity contribution in [1.29, 1.82) is 0 Å². The second-order valence-electron chi connectivity index (χ2n) is 3.55. The van der Waals surface area contributed by atoms with E-state index in [9.17, 15) is 4.79 Å². The van der Waals surface area contributed by atoms with Gasteiger partial charge in [-0.05, 0) is 6.92 Å². The Labute approximate surface area is 92.9 Å². The fraction of sp³-hybridized carbons (Fsp3) is 0.600. The van der Waals surface area contributed by atoms with Crippen LogP contribution in [0.4, 0.5) is 0 Å². The zero-order chi connectivity index (χ0) is 10.7. The summed E-state index contributed by atoms with van der Waals surface area (Å²) >= 11 is 1.55. The average molecular weight is 226 g/mol. The lowest BCUT2D eigenvalue weighted by Crippen LogP contribution is -2.41. The third kappa shape index (κ3) is 2.76. The summed E-state index contributed by atoms with van der Waals surface area (Å²) in [5.74, 6) is 0.160. The maximum absolute atomic E-state index is 11.8. The van der Waals surface area contributed by atoms with E-state index in [0.29, 0.717) is 32.7 Å². The molecule has 0 atom stereocenters. The Hall–Kier alpha value is -0.940. The molecule has 0 unspecified atom stereocenters. The third-order valence-corrected chi connectivity index (χ3v) is 3.30. The summed E-state index contributed by atoms with van der Waals surface area (Å²) in [6.45, 7) is 4.68. The van der Waals surface area contributed by atoms with Crippen LogP contribution in [0.2, 0.25) is 0 Å². The van der Waals surface area contributed by atoms with Crippen LogP contribution in [0, 0.1) is 6.92 Å². The smallest absolute Gasteiger partial charge is 0.229 e. The maximum atomic E-state index is 11.8. The molecular weight excluding hydrogens is 212 g/mol. The van der Waals surface area contributed by atoms with Crippen molar-refractivity contribution < 1.29 is 9.53 Å². The topological polar surface area (TPSA) is 42.4 Å². The molecule has 5 heteroatoms. The summed E-state index contributed by atoms with van der Waals surface area (Å²) in [5, 5.41) is 2.88.